The normalized spacial score (nSPS) is 13.9. The number of nitrogens with zero attached hydrogens (tertiary/aromatic N) is 5. The molecule has 0 saturated heterocycles. The lowest BCUT2D eigenvalue weighted by molar-refractivity contribution is 0.504. The quantitative estimate of drug-likeness (QED) is 0.704. The summed E-state index contributed by atoms with van der Waals surface area (Å²) >= 11 is 0. The molecule has 0 radical (unpaired) electrons. The molecule has 0 amide bonds. The van der Waals surface area contributed by atoms with Gasteiger partial charge in [0.25, 0.3) is 5.56 Å². The highest BCUT2D eigenvalue weighted by atomic mass is 16.3. The van der Waals surface area contributed by atoms with Crippen LogP contribution in [0.3, 0.4) is 0 Å². The Kier molecular flexibility index (Phi) is 2.93. The van der Waals surface area contributed by atoms with Crippen LogP contribution in [0.1, 0.15) is 12.7 Å². The molecule has 120 valence electrons. The highest BCUT2D eigenvalue weighted by molar-refractivity contribution is 5.75. The van der Waals surface area contributed by atoms with Crippen molar-refractivity contribution in [2.24, 2.45) is 7.05 Å². The first-order valence-corrected chi connectivity index (χ1v) is 7.59. The molecule has 8 nitrogen and oxygen atoms in total. The standard InChI is InChI=1S/C15H17N5O3/c1-3-19-13(21)11-12(17(2)15(19)22)16-14-18(6-7-20(11)14)9-10-5-4-8-23-10/h4-5,8H,3,6-7,9H2,1-2H3. The highest BCUT2D eigenvalue weighted by Gasteiger charge is 2.28. The summed E-state index contributed by atoms with van der Waals surface area (Å²) in [6, 6.07) is 3.75. The molecule has 1 aliphatic heterocycles. The van der Waals surface area contributed by atoms with Crippen LogP contribution in [0.4, 0.5) is 5.95 Å². The van der Waals surface area contributed by atoms with Crippen LogP contribution in [-0.4, -0.2) is 25.2 Å². The number of fused-ring (bicyclic) bond motifs is 3. The summed E-state index contributed by atoms with van der Waals surface area (Å²) in [5.41, 5.74) is 0.318. The SMILES string of the molecule is CCn1c(=O)c2c(nc3n2CCN3Cc2ccco2)n(C)c1=O. The molecule has 0 saturated carbocycles. The molecule has 1 aliphatic rings. The van der Waals surface area contributed by atoms with E-state index in [0.717, 1.165) is 12.3 Å². The zero-order valence-corrected chi connectivity index (χ0v) is 13.0. The van der Waals surface area contributed by atoms with Crippen LogP contribution in [0, 0.1) is 0 Å². The largest absolute Gasteiger partial charge is 0.467 e. The van der Waals surface area contributed by atoms with Crippen molar-refractivity contribution in [3.63, 3.8) is 0 Å². The second kappa shape index (κ2) is 4.87. The molecule has 0 fully saturated rings. The number of imidazole rings is 1. The van der Waals surface area contributed by atoms with Crippen molar-refractivity contribution in [2.45, 2.75) is 26.6 Å². The summed E-state index contributed by atoms with van der Waals surface area (Å²) < 4.78 is 9.97. The first-order chi connectivity index (χ1) is 11.1. The van der Waals surface area contributed by atoms with Gasteiger partial charge in [-0.3, -0.25) is 13.9 Å². The van der Waals surface area contributed by atoms with Crippen molar-refractivity contribution in [2.75, 3.05) is 11.4 Å². The molecule has 8 heteroatoms. The topological polar surface area (TPSA) is 78.2 Å². The Hall–Kier alpha value is -2.77. The minimum atomic E-state index is -0.334. The summed E-state index contributed by atoms with van der Waals surface area (Å²) in [6.07, 6.45) is 1.64. The van der Waals surface area contributed by atoms with Gasteiger partial charge >= 0.3 is 5.69 Å². The first kappa shape index (κ1) is 13.9. The Morgan fingerprint density at radius 3 is 2.83 bits per heavy atom. The van der Waals surface area contributed by atoms with E-state index in [0.29, 0.717) is 36.7 Å². The van der Waals surface area contributed by atoms with Gasteiger partial charge < -0.3 is 13.9 Å². The lowest BCUT2D eigenvalue weighted by atomic mass is 10.4. The molecular formula is C15H17N5O3. The molecule has 0 aliphatic carbocycles. The predicted molar refractivity (Wildman–Crippen MR) is 84.7 cm³/mol. The van der Waals surface area contributed by atoms with Crippen molar-refractivity contribution in [1.82, 2.24) is 18.7 Å². The number of hydrogen-bond acceptors (Lipinski definition) is 5. The summed E-state index contributed by atoms with van der Waals surface area (Å²) in [4.78, 5) is 31.5. The molecule has 0 unspecified atom stereocenters. The molecule has 0 spiro atoms. The van der Waals surface area contributed by atoms with Crippen LogP contribution in [0.2, 0.25) is 0 Å². The van der Waals surface area contributed by atoms with E-state index in [1.54, 1.807) is 20.2 Å². The molecule has 23 heavy (non-hydrogen) atoms. The second-order valence-electron chi connectivity index (χ2n) is 5.63. The van der Waals surface area contributed by atoms with Crippen molar-refractivity contribution in [1.29, 1.82) is 0 Å². The number of hydrogen-bond donors (Lipinski definition) is 0. The smallest absolute Gasteiger partial charge is 0.332 e. The highest BCUT2D eigenvalue weighted by Crippen LogP contribution is 2.26. The van der Waals surface area contributed by atoms with Gasteiger partial charge in [-0.05, 0) is 19.1 Å². The van der Waals surface area contributed by atoms with Crippen molar-refractivity contribution >= 4 is 17.1 Å². The summed E-state index contributed by atoms with van der Waals surface area (Å²) in [5.74, 6) is 1.54. The van der Waals surface area contributed by atoms with E-state index < -0.39 is 0 Å². The monoisotopic (exact) mass is 315 g/mol. The van der Waals surface area contributed by atoms with Crippen LogP contribution < -0.4 is 16.1 Å². The van der Waals surface area contributed by atoms with Crippen LogP contribution in [0.5, 0.6) is 0 Å². The van der Waals surface area contributed by atoms with E-state index in [1.807, 2.05) is 16.7 Å². The Labute approximate surface area is 131 Å². The molecule has 0 N–H and O–H groups in total. The number of aromatic nitrogens is 4. The molecule has 0 atom stereocenters. The molecule has 0 bridgehead atoms. The molecule has 4 heterocycles. The third-order valence-corrected chi connectivity index (χ3v) is 4.33. The van der Waals surface area contributed by atoms with E-state index >= 15 is 0 Å². The number of rotatable bonds is 3. The third-order valence-electron chi connectivity index (χ3n) is 4.33. The predicted octanol–water partition coefficient (Wildman–Crippen LogP) is 0.530. The average Bonchev–Trinajstić information content (AvgIpc) is 3.24. The van der Waals surface area contributed by atoms with Gasteiger partial charge in [0, 0.05) is 26.7 Å². The first-order valence-electron chi connectivity index (χ1n) is 7.59. The second-order valence-corrected chi connectivity index (χ2v) is 5.63. The van der Waals surface area contributed by atoms with Crippen molar-refractivity contribution in [3.05, 3.63) is 45.0 Å². The van der Waals surface area contributed by atoms with Crippen molar-refractivity contribution in [3.8, 4) is 0 Å². The van der Waals surface area contributed by atoms with Gasteiger partial charge in [0.1, 0.15) is 5.76 Å². The Morgan fingerprint density at radius 2 is 2.13 bits per heavy atom. The van der Waals surface area contributed by atoms with E-state index in [2.05, 4.69) is 9.88 Å². The lowest BCUT2D eigenvalue weighted by Crippen LogP contribution is -2.39. The molecule has 4 rings (SSSR count). The average molecular weight is 315 g/mol. The maximum absolute atomic E-state index is 12.6. The van der Waals surface area contributed by atoms with Crippen LogP contribution in [0.25, 0.3) is 11.2 Å². The fraction of sp³-hybridized carbons (Fsp3) is 0.400. The van der Waals surface area contributed by atoms with Crippen molar-refractivity contribution < 1.29 is 4.42 Å². The van der Waals surface area contributed by atoms with Crippen LogP contribution in [-0.2, 0) is 26.7 Å². The molecule has 3 aromatic heterocycles. The van der Waals surface area contributed by atoms with Gasteiger partial charge in [-0.25, -0.2) is 4.79 Å². The zero-order valence-electron chi connectivity index (χ0n) is 13.0. The zero-order chi connectivity index (χ0) is 16.1. The Balaban J connectivity index is 1.91. The Morgan fingerprint density at radius 1 is 1.30 bits per heavy atom. The van der Waals surface area contributed by atoms with E-state index in [-0.39, 0.29) is 11.2 Å². The summed E-state index contributed by atoms with van der Waals surface area (Å²) in [6.45, 7) is 4.15. The van der Waals surface area contributed by atoms with Gasteiger partial charge in [0.15, 0.2) is 11.2 Å². The van der Waals surface area contributed by atoms with Crippen LogP contribution >= 0.6 is 0 Å². The maximum Gasteiger partial charge on any atom is 0.332 e. The van der Waals surface area contributed by atoms with Gasteiger partial charge in [0.2, 0.25) is 5.95 Å². The summed E-state index contributed by atoms with van der Waals surface area (Å²) in [7, 11) is 1.65. The minimum Gasteiger partial charge on any atom is -0.467 e. The van der Waals surface area contributed by atoms with Gasteiger partial charge in [-0.15, -0.1) is 0 Å². The third kappa shape index (κ3) is 1.87. The number of anilines is 1. The van der Waals surface area contributed by atoms with Crippen LogP contribution in [0.15, 0.2) is 32.4 Å². The number of furan rings is 1. The van der Waals surface area contributed by atoms with Gasteiger partial charge in [-0.1, -0.05) is 0 Å². The van der Waals surface area contributed by atoms with E-state index in [9.17, 15) is 9.59 Å². The fourth-order valence-electron chi connectivity index (χ4n) is 3.15. The summed E-state index contributed by atoms with van der Waals surface area (Å²) in [5, 5.41) is 0. The molecule has 0 aromatic carbocycles. The molecular weight excluding hydrogens is 298 g/mol. The van der Waals surface area contributed by atoms with Gasteiger partial charge in [-0.2, -0.15) is 4.98 Å². The Bertz CT molecular complexity index is 993. The van der Waals surface area contributed by atoms with E-state index in [4.69, 9.17) is 4.42 Å². The van der Waals surface area contributed by atoms with Gasteiger partial charge in [0.05, 0.1) is 12.8 Å². The maximum atomic E-state index is 12.6. The number of aryl methyl sites for hydroxylation is 1. The fourth-order valence-corrected chi connectivity index (χ4v) is 3.15. The lowest BCUT2D eigenvalue weighted by Gasteiger charge is -2.13. The molecule has 3 aromatic rings. The minimum absolute atomic E-state index is 0.274. The van der Waals surface area contributed by atoms with E-state index in [1.165, 1.54) is 9.13 Å².